The van der Waals surface area contributed by atoms with Crippen LogP contribution in [0.2, 0.25) is 5.02 Å². The molecule has 7 heteroatoms. The first-order chi connectivity index (χ1) is 13.6. The summed E-state index contributed by atoms with van der Waals surface area (Å²) in [7, 11) is 0. The lowest BCUT2D eigenvalue weighted by molar-refractivity contribution is 0.808. The number of rotatable bonds is 7. The minimum Gasteiger partial charge on any atom is -0.372 e. The molecule has 3 aromatic rings. The molecule has 1 heterocycles. The maximum absolute atomic E-state index is 12.5. The van der Waals surface area contributed by atoms with E-state index in [2.05, 4.69) is 46.5 Å². The topological polar surface area (TPSA) is 62.5 Å². The third kappa shape index (κ3) is 4.40. The van der Waals surface area contributed by atoms with Crippen LogP contribution in [0.4, 0.5) is 11.4 Å². The molecule has 0 aliphatic rings. The fourth-order valence-corrected chi connectivity index (χ4v) is 2.97. The molecule has 1 aromatic heterocycles. The summed E-state index contributed by atoms with van der Waals surface area (Å²) >= 11 is 6.20. The Morgan fingerprint density at radius 3 is 2.43 bits per heavy atom. The molecule has 0 aliphatic heterocycles. The Bertz CT molecular complexity index is 996. The number of hydrogen-bond acceptors (Lipinski definition) is 5. The van der Waals surface area contributed by atoms with E-state index in [9.17, 15) is 4.79 Å². The SMILES string of the molecule is CCN(CC)c1ccc(C=NNc2cnn(-c3ccccc3)c(=O)c2Cl)cc1. The molecule has 3 rings (SSSR count). The number of halogens is 1. The second-order valence-corrected chi connectivity index (χ2v) is 6.44. The minimum atomic E-state index is -0.406. The molecule has 0 saturated heterocycles. The molecule has 0 spiro atoms. The van der Waals surface area contributed by atoms with Crippen LogP contribution in [0, 0.1) is 0 Å². The van der Waals surface area contributed by atoms with Gasteiger partial charge in [-0.1, -0.05) is 41.9 Å². The van der Waals surface area contributed by atoms with Crippen LogP contribution < -0.4 is 15.9 Å². The zero-order valence-electron chi connectivity index (χ0n) is 15.8. The van der Waals surface area contributed by atoms with Crippen LogP contribution in [0.1, 0.15) is 19.4 Å². The summed E-state index contributed by atoms with van der Waals surface area (Å²) in [6, 6.07) is 17.2. The number of hydrogen-bond donors (Lipinski definition) is 1. The lowest BCUT2D eigenvalue weighted by atomic mass is 10.2. The molecule has 0 aliphatic carbocycles. The van der Waals surface area contributed by atoms with E-state index in [-0.39, 0.29) is 5.02 Å². The fraction of sp³-hybridized carbons (Fsp3) is 0.190. The molecule has 1 N–H and O–H groups in total. The first-order valence-corrected chi connectivity index (χ1v) is 9.49. The van der Waals surface area contributed by atoms with Crippen molar-refractivity contribution in [3.05, 3.63) is 81.7 Å². The Hall–Kier alpha value is -3.12. The predicted octanol–water partition coefficient (Wildman–Crippen LogP) is 4.18. The van der Waals surface area contributed by atoms with Crippen molar-refractivity contribution in [2.75, 3.05) is 23.4 Å². The van der Waals surface area contributed by atoms with Crippen molar-refractivity contribution in [1.29, 1.82) is 0 Å². The van der Waals surface area contributed by atoms with Crippen molar-refractivity contribution < 1.29 is 0 Å². The Balaban J connectivity index is 1.72. The number of anilines is 2. The van der Waals surface area contributed by atoms with Crippen LogP contribution in [-0.4, -0.2) is 29.1 Å². The maximum atomic E-state index is 12.5. The highest BCUT2D eigenvalue weighted by Crippen LogP contribution is 2.17. The van der Waals surface area contributed by atoms with Gasteiger partial charge < -0.3 is 4.90 Å². The number of para-hydroxylation sites is 1. The molecule has 6 nitrogen and oxygen atoms in total. The highest BCUT2D eigenvalue weighted by atomic mass is 35.5. The first-order valence-electron chi connectivity index (χ1n) is 9.11. The largest absolute Gasteiger partial charge is 0.372 e. The highest BCUT2D eigenvalue weighted by molar-refractivity contribution is 6.32. The average molecular weight is 396 g/mol. The van der Waals surface area contributed by atoms with E-state index >= 15 is 0 Å². The van der Waals surface area contributed by atoms with Crippen molar-refractivity contribution in [3.8, 4) is 5.69 Å². The van der Waals surface area contributed by atoms with Crippen molar-refractivity contribution in [1.82, 2.24) is 9.78 Å². The Morgan fingerprint density at radius 2 is 1.79 bits per heavy atom. The molecule has 0 atom stereocenters. The molecule has 0 saturated carbocycles. The second kappa shape index (κ2) is 9.19. The van der Waals surface area contributed by atoms with E-state index in [0.29, 0.717) is 11.4 Å². The maximum Gasteiger partial charge on any atom is 0.292 e. The van der Waals surface area contributed by atoms with E-state index in [4.69, 9.17) is 11.6 Å². The van der Waals surface area contributed by atoms with Gasteiger partial charge in [0.1, 0.15) is 10.7 Å². The number of benzene rings is 2. The van der Waals surface area contributed by atoms with Gasteiger partial charge in [0.25, 0.3) is 5.56 Å². The molecule has 144 valence electrons. The van der Waals surface area contributed by atoms with Crippen LogP contribution >= 0.6 is 11.6 Å². The molecular formula is C21H22ClN5O. The lowest BCUT2D eigenvalue weighted by Gasteiger charge is -2.20. The standard InChI is InChI=1S/C21H22ClN5O/c1-3-26(4-2)17-12-10-16(11-13-17)14-23-25-19-15-24-27(21(28)20(19)22)18-8-6-5-7-9-18/h5-15,25H,3-4H2,1-2H3. The second-order valence-electron chi connectivity index (χ2n) is 6.06. The zero-order valence-corrected chi connectivity index (χ0v) is 16.6. The number of hydrazone groups is 1. The van der Waals surface area contributed by atoms with Gasteiger partial charge in [0.15, 0.2) is 0 Å². The molecule has 28 heavy (non-hydrogen) atoms. The Labute approximate surface area is 169 Å². The zero-order chi connectivity index (χ0) is 19.9. The van der Waals surface area contributed by atoms with Crippen molar-refractivity contribution >= 4 is 29.2 Å². The van der Waals surface area contributed by atoms with Crippen molar-refractivity contribution in [3.63, 3.8) is 0 Å². The van der Waals surface area contributed by atoms with E-state index in [1.165, 1.54) is 16.6 Å². The summed E-state index contributed by atoms with van der Waals surface area (Å²) < 4.78 is 1.25. The van der Waals surface area contributed by atoms with Crippen molar-refractivity contribution in [2.45, 2.75) is 13.8 Å². The van der Waals surface area contributed by atoms with E-state index in [1.54, 1.807) is 18.3 Å². The molecule has 2 aromatic carbocycles. The minimum absolute atomic E-state index is 0.0351. The summed E-state index contributed by atoms with van der Waals surface area (Å²) in [5.74, 6) is 0. The Morgan fingerprint density at radius 1 is 1.11 bits per heavy atom. The molecular weight excluding hydrogens is 374 g/mol. The third-order valence-corrected chi connectivity index (χ3v) is 4.71. The first kappa shape index (κ1) is 19.6. The normalized spacial score (nSPS) is 11.0. The summed E-state index contributed by atoms with van der Waals surface area (Å²) in [6.07, 6.45) is 3.16. The molecule has 0 bridgehead atoms. The van der Waals surface area contributed by atoms with Gasteiger partial charge in [-0.2, -0.15) is 14.9 Å². The molecule has 0 fully saturated rings. The molecule has 0 amide bonds. The Kier molecular flexibility index (Phi) is 6.45. The van der Waals surface area contributed by atoms with Gasteiger partial charge in [0, 0.05) is 18.8 Å². The highest BCUT2D eigenvalue weighted by Gasteiger charge is 2.10. The quantitative estimate of drug-likeness (QED) is 0.481. The van der Waals surface area contributed by atoms with Gasteiger partial charge in [0.2, 0.25) is 0 Å². The van der Waals surface area contributed by atoms with Gasteiger partial charge >= 0.3 is 0 Å². The van der Waals surface area contributed by atoms with E-state index in [0.717, 1.165) is 18.7 Å². The predicted molar refractivity (Wildman–Crippen MR) is 116 cm³/mol. The number of nitrogens with one attached hydrogen (secondary N) is 1. The lowest BCUT2D eigenvalue weighted by Crippen LogP contribution is -2.22. The number of nitrogens with zero attached hydrogens (tertiary/aromatic N) is 4. The number of aromatic nitrogens is 2. The van der Waals surface area contributed by atoms with Crippen LogP contribution in [0.25, 0.3) is 5.69 Å². The van der Waals surface area contributed by atoms with Gasteiger partial charge in [-0.3, -0.25) is 10.2 Å². The summed E-state index contributed by atoms with van der Waals surface area (Å²) in [4.78, 5) is 14.7. The third-order valence-electron chi connectivity index (χ3n) is 4.34. The van der Waals surface area contributed by atoms with Gasteiger partial charge in [-0.15, -0.1) is 0 Å². The summed E-state index contributed by atoms with van der Waals surface area (Å²) in [5, 5.41) is 8.37. The van der Waals surface area contributed by atoms with E-state index < -0.39 is 5.56 Å². The van der Waals surface area contributed by atoms with Crippen molar-refractivity contribution in [2.24, 2.45) is 5.10 Å². The summed E-state index contributed by atoms with van der Waals surface area (Å²) in [6.45, 7) is 6.19. The van der Waals surface area contributed by atoms with Gasteiger partial charge in [0.05, 0.1) is 18.1 Å². The van der Waals surface area contributed by atoms with Crippen LogP contribution in [-0.2, 0) is 0 Å². The summed E-state index contributed by atoms with van der Waals surface area (Å²) in [5.41, 5.74) is 5.50. The molecule has 0 unspecified atom stereocenters. The molecule has 0 radical (unpaired) electrons. The van der Waals surface area contributed by atoms with Crippen LogP contribution in [0.3, 0.4) is 0 Å². The van der Waals surface area contributed by atoms with Gasteiger partial charge in [-0.05, 0) is 43.7 Å². The smallest absolute Gasteiger partial charge is 0.292 e. The van der Waals surface area contributed by atoms with Crippen LogP contribution in [0.15, 0.2) is 70.7 Å². The van der Waals surface area contributed by atoms with Gasteiger partial charge in [-0.25, -0.2) is 0 Å². The van der Waals surface area contributed by atoms with Crippen LogP contribution in [0.5, 0.6) is 0 Å². The fourth-order valence-electron chi connectivity index (χ4n) is 2.80. The average Bonchev–Trinajstić information content (AvgIpc) is 2.74. The van der Waals surface area contributed by atoms with E-state index in [1.807, 2.05) is 30.3 Å². The monoisotopic (exact) mass is 395 g/mol.